The van der Waals surface area contributed by atoms with Crippen LogP contribution in [0.3, 0.4) is 0 Å². The Hall–Kier alpha value is -1.63. The molecule has 1 aromatic carbocycles. The fourth-order valence-corrected chi connectivity index (χ4v) is 1.57. The summed E-state index contributed by atoms with van der Waals surface area (Å²) in [6.45, 7) is -0.184. The van der Waals surface area contributed by atoms with Crippen molar-refractivity contribution in [3.63, 3.8) is 0 Å². The molecule has 0 spiro atoms. The van der Waals surface area contributed by atoms with E-state index >= 15 is 0 Å². The zero-order valence-corrected chi connectivity index (χ0v) is 10.2. The molecule has 0 fully saturated rings. The highest BCUT2D eigenvalue weighted by Gasteiger charge is 2.27. The largest absolute Gasteiger partial charge is 0.478 e. The molecule has 7 heteroatoms. The Morgan fingerprint density at radius 2 is 1.95 bits per heavy atom. The fraction of sp³-hybridized carbons (Fsp3) is 0.417. The van der Waals surface area contributed by atoms with Crippen LogP contribution in [0.25, 0.3) is 0 Å². The summed E-state index contributed by atoms with van der Waals surface area (Å²) >= 11 is 0. The number of alkyl halides is 3. The van der Waals surface area contributed by atoms with E-state index < -0.39 is 24.4 Å². The van der Waals surface area contributed by atoms with E-state index in [1.54, 1.807) is 0 Å². The van der Waals surface area contributed by atoms with Crippen molar-refractivity contribution in [3.05, 3.63) is 35.1 Å². The van der Waals surface area contributed by atoms with Crippen molar-refractivity contribution in [3.8, 4) is 0 Å². The molecule has 0 saturated heterocycles. The number of hydrogen-bond acceptors (Lipinski definition) is 2. The Balaban J connectivity index is 2.68. The lowest BCUT2D eigenvalue weighted by atomic mass is 10.1. The van der Waals surface area contributed by atoms with Crippen LogP contribution in [0.1, 0.15) is 22.3 Å². The molecule has 0 aliphatic heterocycles. The molecule has 0 saturated carbocycles. The van der Waals surface area contributed by atoms with Gasteiger partial charge in [-0.1, -0.05) is 0 Å². The van der Waals surface area contributed by atoms with Crippen LogP contribution in [0.5, 0.6) is 0 Å². The molecule has 0 aliphatic rings. The number of aromatic carboxylic acids is 1. The second-order valence-corrected chi connectivity index (χ2v) is 4.26. The average Bonchev–Trinajstić information content (AvgIpc) is 2.24. The molecule has 19 heavy (non-hydrogen) atoms. The molecule has 106 valence electrons. The quantitative estimate of drug-likeness (QED) is 0.842. The molecule has 0 heterocycles. The average molecular weight is 279 g/mol. The molecule has 0 aromatic heterocycles. The number of rotatable bonds is 5. The van der Waals surface area contributed by atoms with E-state index in [4.69, 9.17) is 5.11 Å². The Morgan fingerprint density at radius 1 is 1.32 bits per heavy atom. The Kier molecular flexibility index (Phi) is 4.88. The molecule has 1 aromatic rings. The van der Waals surface area contributed by atoms with Crippen LogP contribution < -0.4 is 0 Å². The van der Waals surface area contributed by atoms with E-state index in [1.807, 2.05) is 0 Å². The molecule has 0 bridgehead atoms. The molecule has 0 radical (unpaired) electrons. The summed E-state index contributed by atoms with van der Waals surface area (Å²) in [6.07, 6.45) is -5.22. The number of carboxylic acids is 1. The van der Waals surface area contributed by atoms with Crippen molar-refractivity contribution < 1.29 is 27.5 Å². The molecular weight excluding hydrogens is 266 g/mol. The van der Waals surface area contributed by atoms with Gasteiger partial charge in [-0.05, 0) is 30.8 Å². The number of benzene rings is 1. The topological polar surface area (TPSA) is 40.5 Å². The van der Waals surface area contributed by atoms with E-state index in [0.717, 1.165) is 12.1 Å². The zero-order chi connectivity index (χ0) is 14.6. The van der Waals surface area contributed by atoms with E-state index in [0.29, 0.717) is 5.56 Å². The van der Waals surface area contributed by atoms with E-state index in [9.17, 15) is 22.4 Å². The van der Waals surface area contributed by atoms with Gasteiger partial charge in [0.25, 0.3) is 0 Å². The van der Waals surface area contributed by atoms with Crippen molar-refractivity contribution in [2.24, 2.45) is 0 Å². The molecule has 0 atom stereocenters. The number of carbonyl (C=O) groups is 1. The Morgan fingerprint density at radius 3 is 2.47 bits per heavy atom. The van der Waals surface area contributed by atoms with Gasteiger partial charge in [-0.25, -0.2) is 9.18 Å². The summed E-state index contributed by atoms with van der Waals surface area (Å²) in [5.41, 5.74) is 0.0984. The van der Waals surface area contributed by atoms with Crippen LogP contribution in [0.4, 0.5) is 17.6 Å². The Labute approximate surface area is 107 Å². The molecule has 0 unspecified atom stereocenters. The maximum Gasteiger partial charge on any atom is 0.390 e. The predicted molar refractivity (Wildman–Crippen MR) is 60.4 cm³/mol. The van der Waals surface area contributed by atoms with E-state index in [2.05, 4.69) is 0 Å². The van der Waals surface area contributed by atoms with Crippen LogP contribution in [0.2, 0.25) is 0 Å². The van der Waals surface area contributed by atoms with Gasteiger partial charge in [-0.15, -0.1) is 0 Å². The van der Waals surface area contributed by atoms with Crippen LogP contribution >= 0.6 is 0 Å². The summed E-state index contributed by atoms with van der Waals surface area (Å²) < 4.78 is 49.2. The summed E-state index contributed by atoms with van der Waals surface area (Å²) in [5.74, 6) is -2.00. The molecule has 3 nitrogen and oxygen atoms in total. The van der Waals surface area contributed by atoms with Gasteiger partial charge < -0.3 is 10.0 Å². The molecule has 1 N–H and O–H groups in total. The zero-order valence-electron chi connectivity index (χ0n) is 10.2. The van der Waals surface area contributed by atoms with Crippen molar-refractivity contribution in [1.82, 2.24) is 4.90 Å². The highest BCUT2D eigenvalue weighted by molar-refractivity contribution is 5.87. The second-order valence-electron chi connectivity index (χ2n) is 4.26. The Bertz CT molecular complexity index is 460. The van der Waals surface area contributed by atoms with Crippen LogP contribution in [-0.4, -0.2) is 35.7 Å². The van der Waals surface area contributed by atoms with Crippen molar-refractivity contribution in [1.29, 1.82) is 0 Å². The summed E-state index contributed by atoms with van der Waals surface area (Å²) in [6, 6.07) is 3.22. The molecular formula is C12H13F4NO2. The first kappa shape index (κ1) is 15.4. The lowest BCUT2D eigenvalue weighted by molar-refractivity contribution is -0.137. The smallest absolute Gasteiger partial charge is 0.390 e. The predicted octanol–water partition coefficient (Wildman–Crippen LogP) is 2.91. The number of carboxylic acid groups (broad SMARTS) is 1. The third-order valence-corrected chi connectivity index (χ3v) is 2.43. The van der Waals surface area contributed by atoms with E-state index in [1.165, 1.54) is 18.0 Å². The van der Waals surface area contributed by atoms with Crippen molar-refractivity contribution in [2.75, 3.05) is 13.6 Å². The summed E-state index contributed by atoms with van der Waals surface area (Å²) in [5, 5.41) is 8.75. The first-order chi connectivity index (χ1) is 8.67. The maximum absolute atomic E-state index is 13.2. The minimum absolute atomic E-state index is 0.0497. The highest BCUT2D eigenvalue weighted by Crippen LogP contribution is 2.20. The van der Waals surface area contributed by atoms with Gasteiger partial charge in [-0.2, -0.15) is 13.2 Å². The van der Waals surface area contributed by atoms with Crippen LogP contribution in [0.15, 0.2) is 18.2 Å². The van der Waals surface area contributed by atoms with Gasteiger partial charge in [0.05, 0.1) is 12.0 Å². The SMILES string of the molecule is CN(CCC(F)(F)F)Cc1cc(F)cc(C(=O)O)c1. The van der Waals surface area contributed by atoms with E-state index in [-0.39, 0.29) is 18.7 Å². The molecule has 0 amide bonds. The second kappa shape index (κ2) is 6.01. The van der Waals surface area contributed by atoms with Gasteiger partial charge in [0, 0.05) is 13.1 Å². The number of halogens is 4. The first-order valence-electron chi connectivity index (χ1n) is 5.45. The summed E-state index contributed by atoms with van der Waals surface area (Å²) in [7, 11) is 1.46. The van der Waals surface area contributed by atoms with Gasteiger partial charge in [0.2, 0.25) is 0 Å². The minimum atomic E-state index is -4.25. The number of hydrogen-bond donors (Lipinski definition) is 1. The third-order valence-electron chi connectivity index (χ3n) is 2.43. The van der Waals surface area contributed by atoms with Crippen LogP contribution in [-0.2, 0) is 6.54 Å². The first-order valence-corrected chi connectivity index (χ1v) is 5.45. The van der Waals surface area contributed by atoms with Gasteiger partial charge >= 0.3 is 12.1 Å². The van der Waals surface area contributed by atoms with Gasteiger partial charge in [-0.3, -0.25) is 0 Å². The van der Waals surface area contributed by atoms with Gasteiger partial charge in [0.1, 0.15) is 5.82 Å². The fourth-order valence-electron chi connectivity index (χ4n) is 1.57. The molecule has 1 rings (SSSR count). The normalized spacial score (nSPS) is 11.9. The summed E-state index contributed by atoms with van der Waals surface area (Å²) in [4.78, 5) is 12.1. The maximum atomic E-state index is 13.2. The standard InChI is InChI=1S/C12H13F4NO2/c1-17(3-2-12(14,15)16)7-8-4-9(11(18)19)6-10(13)5-8/h4-6H,2-3,7H2,1H3,(H,18,19). The lowest BCUT2D eigenvalue weighted by Crippen LogP contribution is -2.24. The lowest BCUT2D eigenvalue weighted by Gasteiger charge is -2.18. The minimum Gasteiger partial charge on any atom is -0.478 e. The highest BCUT2D eigenvalue weighted by atomic mass is 19.4. The molecule has 0 aliphatic carbocycles. The van der Waals surface area contributed by atoms with Gasteiger partial charge in [0.15, 0.2) is 0 Å². The number of nitrogens with zero attached hydrogens (tertiary/aromatic N) is 1. The van der Waals surface area contributed by atoms with Crippen molar-refractivity contribution in [2.45, 2.75) is 19.1 Å². The third kappa shape index (κ3) is 5.69. The van der Waals surface area contributed by atoms with Crippen molar-refractivity contribution >= 4 is 5.97 Å². The van der Waals surface area contributed by atoms with Crippen LogP contribution in [0, 0.1) is 5.82 Å². The monoisotopic (exact) mass is 279 g/mol.